The van der Waals surface area contributed by atoms with Crippen LogP contribution in [0.3, 0.4) is 0 Å². The summed E-state index contributed by atoms with van der Waals surface area (Å²) in [5, 5.41) is 14.4. The zero-order valence-electron chi connectivity index (χ0n) is 16.8. The van der Waals surface area contributed by atoms with E-state index in [1.165, 1.54) is 22.8 Å². The molecular formula is C23H21N3O5. The molecule has 0 saturated carbocycles. The lowest BCUT2D eigenvalue weighted by molar-refractivity contribution is -0.116. The van der Waals surface area contributed by atoms with Gasteiger partial charge in [0.15, 0.2) is 0 Å². The van der Waals surface area contributed by atoms with Gasteiger partial charge in [-0.3, -0.25) is 14.4 Å². The number of rotatable bonds is 7. The zero-order valence-corrected chi connectivity index (χ0v) is 16.8. The van der Waals surface area contributed by atoms with Gasteiger partial charge in [-0.1, -0.05) is 12.1 Å². The van der Waals surface area contributed by atoms with Gasteiger partial charge in [-0.25, -0.2) is 4.79 Å². The van der Waals surface area contributed by atoms with Crippen molar-refractivity contribution in [3.63, 3.8) is 0 Å². The monoisotopic (exact) mass is 419 g/mol. The maximum Gasteiger partial charge on any atom is 0.335 e. The fourth-order valence-electron chi connectivity index (χ4n) is 2.85. The fraction of sp³-hybridized carbons (Fsp3) is 0.130. The van der Waals surface area contributed by atoms with Gasteiger partial charge in [0, 0.05) is 30.1 Å². The number of nitrogens with zero attached hydrogens (tertiary/aromatic N) is 1. The smallest absolute Gasteiger partial charge is 0.335 e. The number of aromatic nitrogens is 1. The lowest BCUT2D eigenvalue weighted by atomic mass is 10.1. The van der Waals surface area contributed by atoms with Crippen molar-refractivity contribution in [1.82, 2.24) is 9.88 Å². The van der Waals surface area contributed by atoms with Crippen LogP contribution in [0.15, 0.2) is 71.7 Å². The highest BCUT2D eigenvalue weighted by atomic mass is 16.4. The van der Waals surface area contributed by atoms with Crippen LogP contribution in [0.1, 0.15) is 31.8 Å². The van der Waals surface area contributed by atoms with Crippen LogP contribution in [0.2, 0.25) is 0 Å². The highest BCUT2D eigenvalue weighted by Crippen LogP contribution is 2.10. The van der Waals surface area contributed by atoms with Gasteiger partial charge in [-0.15, -0.1) is 0 Å². The fourth-order valence-corrected chi connectivity index (χ4v) is 2.85. The molecule has 8 nitrogen and oxygen atoms in total. The molecular weight excluding hydrogens is 398 g/mol. The van der Waals surface area contributed by atoms with E-state index in [0.29, 0.717) is 11.3 Å². The van der Waals surface area contributed by atoms with Gasteiger partial charge in [0.25, 0.3) is 11.5 Å². The summed E-state index contributed by atoms with van der Waals surface area (Å²) >= 11 is 0. The number of pyridine rings is 1. The first-order valence-electron chi connectivity index (χ1n) is 9.49. The average molecular weight is 419 g/mol. The molecule has 3 rings (SSSR count). The van der Waals surface area contributed by atoms with E-state index in [0.717, 1.165) is 11.1 Å². The van der Waals surface area contributed by atoms with Crippen LogP contribution < -0.4 is 16.2 Å². The van der Waals surface area contributed by atoms with Crippen LogP contribution in [0, 0.1) is 6.92 Å². The number of hydrogen-bond donors (Lipinski definition) is 3. The maximum atomic E-state index is 12.3. The molecule has 0 atom stereocenters. The van der Waals surface area contributed by atoms with Crippen molar-refractivity contribution in [3.8, 4) is 0 Å². The summed E-state index contributed by atoms with van der Waals surface area (Å²) in [7, 11) is 0. The second kappa shape index (κ2) is 9.53. The molecule has 2 amide bonds. The highest BCUT2D eigenvalue weighted by Gasteiger charge is 2.09. The number of aromatic carboxylic acids is 1. The van der Waals surface area contributed by atoms with E-state index in [4.69, 9.17) is 5.11 Å². The third kappa shape index (κ3) is 5.89. The molecule has 0 aliphatic rings. The van der Waals surface area contributed by atoms with Crippen molar-refractivity contribution >= 4 is 23.5 Å². The van der Waals surface area contributed by atoms with Gasteiger partial charge in [0.05, 0.1) is 5.56 Å². The van der Waals surface area contributed by atoms with E-state index in [-0.39, 0.29) is 36.0 Å². The first kappa shape index (κ1) is 21.5. The number of amides is 2. The summed E-state index contributed by atoms with van der Waals surface area (Å²) in [4.78, 5) is 47.2. The standard InChI is InChI=1S/C23H21N3O5/c1-15-10-11-26(21(28)12-15)14-20(27)25-19-8-6-17(7-9-19)22(29)24-13-16-2-4-18(5-3-16)23(30)31/h2-12H,13-14H2,1H3,(H,24,29)(H,25,27)(H,30,31). The highest BCUT2D eigenvalue weighted by molar-refractivity contribution is 5.95. The Morgan fingerprint density at radius 3 is 2.19 bits per heavy atom. The number of carboxylic acid groups (broad SMARTS) is 1. The summed E-state index contributed by atoms with van der Waals surface area (Å²) in [6.45, 7) is 1.95. The van der Waals surface area contributed by atoms with Crippen molar-refractivity contribution in [2.24, 2.45) is 0 Å². The lowest BCUT2D eigenvalue weighted by Crippen LogP contribution is -2.27. The number of nitrogens with one attached hydrogen (secondary N) is 2. The largest absolute Gasteiger partial charge is 0.478 e. The molecule has 0 spiro atoms. The average Bonchev–Trinajstić information content (AvgIpc) is 2.75. The Morgan fingerprint density at radius 1 is 0.935 bits per heavy atom. The first-order chi connectivity index (χ1) is 14.8. The van der Waals surface area contributed by atoms with Crippen LogP contribution in [-0.4, -0.2) is 27.5 Å². The summed E-state index contributed by atoms with van der Waals surface area (Å²) < 4.78 is 1.31. The molecule has 0 fully saturated rings. The van der Waals surface area contributed by atoms with E-state index in [2.05, 4.69) is 10.6 Å². The molecule has 0 aliphatic heterocycles. The van der Waals surface area contributed by atoms with Gasteiger partial charge in [-0.05, 0) is 60.5 Å². The van der Waals surface area contributed by atoms with Crippen molar-refractivity contribution in [2.45, 2.75) is 20.0 Å². The van der Waals surface area contributed by atoms with Crippen molar-refractivity contribution in [3.05, 3.63) is 99.5 Å². The Balaban J connectivity index is 1.54. The summed E-state index contributed by atoms with van der Waals surface area (Å²) in [5.74, 6) is -1.66. The number of benzene rings is 2. The summed E-state index contributed by atoms with van der Waals surface area (Å²) in [6.07, 6.45) is 1.57. The third-order valence-electron chi connectivity index (χ3n) is 4.55. The predicted molar refractivity (Wildman–Crippen MR) is 115 cm³/mol. The molecule has 0 bridgehead atoms. The number of anilines is 1. The van der Waals surface area contributed by atoms with Crippen LogP contribution in [-0.2, 0) is 17.9 Å². The summed E-state index contributed by atoms with van der Waals surface area (Å²) in [6, 6.07) is 15.8. The van der Waals surface area contributed by atoms with Crippen molar-refractivity contribution in [1.29, 1.82) is 0 Å². The second-order valence-corrected chi connectivity index (χ2v) is 6.98. The van der Waals surface area contributed by atoms with E-state index < -0.39 is 5.97 Å². The van der Waals surface area contributed by atoms with Crippen molar-refractivity contribution < 1.29 is 19.5 Å². The van der Waals surface area contributed by atoms with E-state index >= 15 is 0 Å². The van der Waals surface area contributed by atoms with E-state index in [1.807, 2.05) is 0 Å². The Bertz CT molecular complexity index is 1170. The quantitative estimate of drug-likeness (QED) is 0.544. The van der Waals surface area contributed by atoms with Crippen LogP contribution in [0.25, 0.3) is 0 Å². The van der Waals surface area contributed by atoms with E-state index in [1.54, 1.807) is 55.6 Å². The minimum Gasteiger partial charge on any atom is -0.478 e. The molecule has 0 saturated heterocycles. The molecule has 2 aromatic carbocycles. The van der Waals surface area contributed by atoms with Crippen LogP contribution >= 0.6 is 0 Å². The predicted octanol–water partition coefficient (Wildman–Crippen LogP) is 2.42. The number of hydrogen-bond acceptors (Lipinski definition) is 4. The van der Waals surface area contributed by atoms with Gasteiger partial charge >= 0.3 is 5.97 Å². The second-order valence-electron chi connectivity index (χ2n) is 6.98. The number of carbonyl (C=O) groups excluding carboxylic acids is 2. The summed E-state index contributed by atoms with van der Waals surface area (Å²) in [5.41, 5.74) is 2.45. The molecule has 3 N–H and O–H groups in total. The Labute approximate surface area is 178 Å². The molecule has 1 heterocycles. The van der Waals surface area contributed by atoms with Gasteiger partial charge in [0.1, 0.15) is 6.54 Å². The van der Waals surface area contributed by atoms with Crippen LogP contribution in [0.5, 0.6) is 0 Å². The van der Waals surface area contributed by atoms with Gasteiger partial charge < -0.3 is 20.3 Å². The molecule has 3 aromatic rings. The topological polar surface area (TPSA) is 118 Å². The van der Waals surface area contributed by atoms with Crippen molar-refractivity contribution in [2.75, 3.05) is 5.32 Å². The first-order valence-corrected chi connectivity index (χ1v) is 9.49. The molecule has 0 aliphatic carbocycles. The number of carbonyl (C=O) groups is 3. The molecule has 1 aromatic heterocycles. The van der Waals surface area contributed by atoms with Gasteiger partial charge in [-0.2, -0.15) is 0 Å². The maximum absolute atomic E-state index is 12.3. The molecule has 0 unspecified atom stereocenters. The van der Waals surface area contributed by atoms with Gasteiger partial charge in [0.2, 0.25) is 5.91 Å². The number of aryl methyl sites for hydroxylation is 1. The minimum absolute atomic E-state index is 0.109. The van der Waals surface area contributed by atoms with Crippen LogP contribution in [0.4, 0.5) is 5.69 Å². The third-order valence-corrected chi connectivity index (χ3v) is 4.55. The Morgan fingerprint density at radius 2 is 1.58 bits per heavy atom. The molecule has 158 valence electrons. The lowest BCUT2D eigenvalue weighted by Gasteiger charge is -2.09. The molecule has 31 heavy (non-hydrogen) atoms. The number of carboxylic acids is 1. The zero-order chi connectivity index (χ0) is 22.4. The SMILES string of the molecule is Cc1ccn(CC(=O)Nc2ccc(C(=O)NCc3ccc(C(=O)O)cc3)cc2)c(=O)c1. The molecule has 8 heteroatoms. The minimum atomic E-state index is -1.01. The Hall–Kier alpha value is -4.20. The Kier molecular flexibility index (Phi) is 6.61. The molecule has 0 radical (unpaired) electrons. The normalized spacial score (nSPS) is 10.4. The van der Waals surface area contributed by atoms with E-state index in [9.17, 15) is 19.2 Å².